The lowest BCUT2D eigenvalue weighted by Crippen LogP contribution is -2.38. The van der Waals surface area contributed by atoms with Gasteiger partial charge in [-0.1, -0.05) is 38.1 Å². The predicted octanol–water partition coefficient (Wildman–Crippen LogP) is 3.54. The van der Waals surface area contributed by atoms with Crippen LogP contribution in [0.5, 0.6) is 0 Å². The number of nitrogens with zero attached hydrogens (tertiary/aromatic N) is 1. The maximum absolute atomic E-state index is 13.0. The van der Waals surface area contributed by atoms with E-state index in [2.05, 4.69) is 59.0 Å². The zero-order valence-electron chi connectivity index (χ0n) is 17.7. The Bertz CT molecular complexity index is 739. The molecule has 5 heteroatoms. The number of benzene rings is 1. The smallest absolute Gasteiger partial charge is 0.242 e. The number of carbonyl (C=O) groups excluding carboxylic acids is 1. The van der Waals surface area contributed by atoms with Crippen molar-refractivity contribution < 1.29 is 4.79 Å². The Kier molecular flexibility index (Phi) is 8.20. The quantitative estimate of drug-likeness (QED) is 0.609. The lowest BCUT2D eigenvalue weighted by Gasteiger charge is -2.24. The molecule has 1 amide bonds. The van der Waals surface area contributed by atoms with Gasteiger partial charge in [-0.3, -0.25) is 9.78 Å². The third-order valence-electron chi connectivity index (χ3n) is 5.77. The van der Waals surface area contributed by atoms with Crippen LogP contribution in [0.25, 0.3) is 0 Å². The van der Waals surface area contributed by atoms with Crippen LogP contribution >= 0.6 is 0 Å². The number of piperidine rings is 1. The average molecular weight is 395 g/mol. The molecule has 1 aliphatic rings. The highest BCUT2D eigenvalue weighted by atomic mass is 16.2. The van der Waals surface area contributed by atoms with Gasteiger partial charge >= 0.3 is 0 Å². The molecular weight excluding hydrogens is 360 g/mol. The molecule has 2 aromatic rings. The predicted molar refractivity (Wildman–Crippen MR) is 118 cm³/mol. The monoisotopic (exact) mass is 394 g/mol. The Balaban J connectivity index is 1.63. The molecule has 3 rings (SSSR count). The summed E-state index contributed by atoms with van der Waals surface area (Å²) in [6, 6.07) is 12.0. The molecule has 156 valence electrons. The highest BCUT2D eigenvalue weighted by Crippen LogP contribution is 2.20. The van der Waals surface area contributed by atoms with E-state index < -0.39 is 0 Å². The summed E-state index contributed by atoms with van der Waals surface area (Å²) in [5.41, 5.74) is 3.36. The molecule has 0 radical (unpaired) electrons. The summed E-state index contributed by atoms with van der Waals surface area (Å²) < 4.78 is 0. The summed E-state index contributed by atoms with van der Waals surface area (Å²) in [4.78, 5) is 17.1. The maximum atomic E-state index is 13.0. The van der Waals surface area contributed by atoms with Crippen molar-refractivity contribution in [3.05, 3.63) is 65.5 Å². The van der Waals surface area contributed by atoms with Gasteiger partial charge in [-0.15, -0.1) is 0 Å². The number of nitrogens with one attached hydrogen (secondary N) is 3. The lowest BCUT2D eigenvalue weighted by molar-refractivity contribution is -0.123. The Labute approximate surface area is 174 Å². The van der Waals surface area contributed by atoms with Crippen molar-refractivity contribution in [2.45, 2.75) is 51.6 Å². The zero-order chi connectivity index (χ0) is 20.5. The minimum atomic E-state index is -0.334. The van der Waals surface area contributed by atoms with Crippen molar-refractivity contribution in [1.29, 1.82) is 0 Å². The molecule has 0 spiro atoms. The Hall–Kier alpha value is -2.24. The standard InChI is InChI=1S/C24H34N4O/c1-18(2)21-3-5-22(6-4-21)23(27-16-11-19-7-12-25-13-8-19)24(29)28-17-20-9-14-26-15-10-20/h3-6,9-10,14-15,18-19,23,25,27H,7-8,11-13,16-17H2,1-2H3,(H,28,29). The van der Waals surface area contributed by atoms with Crippen LogP contribution in [-0.2, 0) is 11.3 Å². The van der Waals surface area contributed by atoms with Crippen molar-refractivity contribution in [2.24, 2.45) is 5.92 Å². The Morgan fingerprint density at radius 1 is 1.07 bits per heavy atom. The Morgan fingerprint density at radius 3 is 2.38 bits per heavy atom. The summed E-state index contributed by atoms with van der Waals surface area (Å²) in [6.45, 7) is 7.95. The first-order chi connectivity index (χ1) is 14.1. The molecular formula is C24H34N4O. The van der Waals surface area contributed by atoms with Gasteiger partial charge in [-0.25, -0.2) is 0 Å². The minimum absolute atomic E-state index is 0.0180. The molecule has 0 aliphatic carbocycles. The van der Waals surface area contributed by atoms with Gasteiger partial charge in [0.2, 0.25) is 5.91 Å². The number of pyridine rings is 1. The van der Waals surface area contributed by atoms with Gasteiger partial charge in [0.1, 0.15) is 6.04 Å². The van der Waals surface area contributed by atoms with E-state index in [0.29, 0.717) is 12.5 Å². The van der Waals surface area contributed by atoms with E-state index in [0.717, 1.165) is 43.1 Å². The summed E-state index contributed by atoms with van der Waals surface area (Å²) in [6.07, 6.45) is 7.06. The summed E-state index contributed by atoms with van der Waals surface area (Å²) in [7, 11) is 0. The van der Waals surface area contributed by atoms with Gasteiger partial charge in [-0.05, 0) is 79.6 Å². The van der Waals surface area contributed by atoms with Crippen LogP contribution in [-0.4, -0.2) is 30.5 Å². The van der Waals surface area contributed by atoms with Crippen LogP contribution < -0.4 is 16.0 Å². The molecule has 0 bridgehead atoms. The third-order valence-corrected chi connectivity index (χ3v) is 5.77. The van der Waals surface area contributed by atoms with Gasteiger partial charge < -0.3 is 16.0 Å². The van der Waals surface area contributed by atoms with Crippen molar-refractivity contribution in [3.8, 4) is 0 Å². The first-order valence-corrected chi connectivity index (χ1v) is 10.8. The number of rotatable bonds is 9. The van der Waals surface area contributed by atoms with Crippen LogP contribution in [0.2, 0.25) is 0 Å². The van der Waals surface area contributed by atoms with Crippen LogP contribution in [0.4, 0.5) is 0 Å². The largest absolute Gasteiger partial charge is 0.350 e. The minimum Gasteiger partial charge on any atom is -0.350 e. The fraction of sp³-hybridized carbons (Fsp3) is 0.500. The van der Waals surface area contributed by atoms with E-state index in [1.165, 1.54) is 18.4 Å². The number of amides is 1. The van der Waals surface area contributed by atoms with Gasteiger partial charge in [0.15, 0.2) is 0 Å². The number of hydrogen-bond acceptors (Lipinski definition) is 4. The van der Waals surface area contributed by atoms with Gasteiger partial charge in [0.25, 0.3) is 0 Å². The molecule has 1 fully saturated rings. The van der Waals surface area contributed by atoms with Gasteiger partial charge in [0.05, 0.1) is 0 Å². The summed E-state index contributed by atoms with van der Waals surface area (Å²) >= 11 is 0. The van der Waals surface area contributed by atoms with Crippen molar-refractivity contribution >= 4 is 5.91 Å². The second-order valence-corrected chi connectivity index (χ2v) is 8.26. The molecule has 1 unspecified atom stereocenters. The molecule has 0 saturated carbocycles. The maximum Gasteiger partial charge on any atom is 0.242 e. The highest BCUT2D eigenvalue weighted by Gasteiger charge is 2.21. The normalized spacial score (nSPS) is 16.0. The van der Waals surface area contributed by atoms with Crippen LogP contribution in [0.15, 0.2) is 48.8 Å². The molecule has 2 heterocycles. The lowest BCUT2D eigenvalue weighted by atomic mass is 9.94. The number of carbonyl (C=O) groups is 1. The molecule has 1 aromatic carbocycles. The zero-order valence-corrected chi connectivity index (χ0v) is 17.7. The molecule has 1 aromatic heterocycles. The molecule has 5 nitrogen and oxygen atoms in total. The highest BCUT2D eigenvalue weighted by molar-refractivity contribution is 5.83. The second kappa shape index (κ2) is 11.1. The fourth-order valence-electron chi connectivity index (χ4n) is 3.83. The molecule has 1 atom stereocenters. The first kappa shape index (κ1) is 21.5. The first-order valence-electron chi connectivity index (χ1n) is 10.8. The average Bonchev–Trinajstić information content (AvgIpc) is 2.76. The van der Waals surface area contributed by atoms with Crippen molar-refractivity contribution in [2.75, 3.05) is 19.6 Å². The Morgan fingerprint density at radius 2 is 1.72 bits per heavy atom. The summed E-state index contributed by atoms with van der Waals surface area (Å²) in [5.74, 6) is 1.24. The van der Waals surface area contributed by atoms with E-state index >= 15 is 0 Å². The van der Waals surface area contributed by atoms with Gasteiger partial charge in [0, 0.05) is 18.9 Å². The molecule has 1 saturated heterocycles. The van der Waals surface area contributed by atoms with E-state index in [1.54, 1.807) is 12.4 Å². The topological polar surface area (TPSA) is 66.0 Å². The van der Waals surface area contributed by atoms with Crippen molar-refractivity contribution in [3.63, 3.8) is 0 Å². The summed E-state index contributed by atoms with van der Waals surface area (Å²) in [5, 5.41) is 10.0. The fourth-order valence-corrected chi connectivity index (χ4v) is 3.83. The van der Waals surface area contributed by atoms with E-state index in [4.69, 9.17) is 0 Å². The number of hydrogen-bond donors (Lipinski definition) is 3. The molecule has 29 heavy (non-hydrogen) atoms. The van der Waals surface area contributed by atoms with Crippen LogP contribution in [0.3, 0.4) is 0 Å². The second-order valence-electron chi connectivity index (χ2n) is 8.26. The number of aromatic nitrogens is 1. The van der Waals surface area contributed by atoms with E-state index in [-0.39, 0.29) is 11.9 Å². The van der Waals surface area contributed by atoms with Crippen LogP contribution in [0.1, 0.15) is 61.8 Å². The van der Waals surface area contributed by atoms with Crippen molar-refractivity contribution in [1.82, 2.24) is 20.9 Å². The molecule has 1 aliphatic heterocycles. The van der Waals surface area contributed by atoms with Gasteiger partial charge in [-0.2, -0.15) is 0 Å². The van der Waals surface area contributed by atoms with E-state index in [9.17, 15) is 4.79 Å². The van der Waals surface area contributed by atoms with E-state index in [1.807, 2.05) is 12.1 Å². The SMILES string of the molecule is CC(C)c1ccc(C(NCCC2CCNCC2)C(=O)NCc2ccncc2)cc1. The third kappa shape index (κ3) is 6.65. The van der Waals surface area contributed by atoms with Crippen LogP contribution in [0, 0.1) is 5.92 Å². The molecule has 3 N–H and O–H groups in total.